The van der Waals surface area contributed by atoms with Crippen LogP contribution in [0, 0.1) is 6.92 Å². The normalized spacial score (nSPS) is 15.7. The Kier molecular flexibility index (Phi) is 5.91. The molecular formula is C25H30N6O5S. The molecule has 196 valence electrons. The Labute approximate surface area is 214 Å². The van der Waals surface area contributed by atoms with Crippen LogP contribution in [0.5, 0.6) is 0 Å². The molecule has 1 aromatic carbocycles. The van der Waals surface area contributed by atoms with E-state index in [1.54, 1.807) is 62.7 Å². The first-order valence-electron chi connectivity index (χ1n) is 12.0. The number of alkyl carbamates (subject to hydrolysis) is 1. The van der Waals surface area contributed by atoms with Crippen molar-refractivity contribution in [1.82, 2.24) is 23.9 Å². The lowest BCUT2D eigenvalue weighted by atomic mass is 10.1. The first-order valence-corrected chi connectivity index (χ1v) is 13.4. The maximum atomic E-state index is 13.4. The van der Waals surface area contributed by atoms with Crippen LogP contribution < -0.4 is 10.3 Å². The topological polar surface area (TPSA) is 132 Å². The van der Waals surface area contributed by atoms with E-state index in [0.29, 0.717) is 35.3 Å². The highest BCUT2D eigenvalue weighted by atomic mass is 32.2. The van der Waals surface area contributed by atoms with Crippen molar-refractivity contribution in [1.29, 1.82) is 0 Å². The Hall–Kier alpha value is -3.64. The molecule has 11 nitrogen and oxygen atoms in total. The summed E-state index contributed by atoms with van der Waals surface area (Å²) in [6, 6.07) is 8.18. The van der Waals surface area contributed by atoms with E-state index in [2.05, 4.69) is 15.3 Å². The van der Waals surface area contributed by atoms with Crippen LogP contribution in [0.15, 0.2) is 47.6 Å². The molecule has 0 saturated carbocycles. The Balaban J connectivity index is 1.53. The van der Waals surface area contributed by atoms with Gasteiger partial charge in [0.25, 0.3) is 10.0 Å². The van der Waals surface area contributed by atoms with Crippen LogP contribution in [0.4, 0.5) is 4.79 Å². The molecule has 37 heavy (non-hydrogen) atoms. The number of carbonyl (C=O) groups is 1. The molecule has 1 fully saturated rings. The van der Waals surface area contributed by atoms with Gasteiger partial charge in [-0.3, -0.25) is 0 Å². The van der Waals surface area contributed by atoms with Crippen LogP contribution in [0.25, 0.3) is 22.1 Å². The van der Waals surface area contributed by atoms with Crippen LogP contribution in [0.3, 0.4) is 0 Å². The molecule has 4 heterocycles. The number of aromatic nitrogens is 4. The predicted molar refractivity (Wildman–Crippen MR) is 139 cm³/mol. The van der Waals surface area contributed by atoms with E-state index < -0.39 is 27.8 Å². The van der Waals surface area contributed by atoms with Crippen molar-refractivity contribution in [2.75, 3.05) is 18.1 Å². The minimum atomic E-state index is -3.88. The quantitative estimate of drug-likeness (QED) is 0.406. The molecular weight excluding hydrogens is 496 g/mol. The van der Waals surface area contributed by atoms with Gasteiger partial charge in [0.1, 0.15) is 22.7 Å². The lowest BCUT2D eigenvalue weighted by Crippen LogP contribution is -2.64. The second kappa shape index (κ2) is 8.73. The van der Waals surface area contributed by atoms with Gasteiger partial charge in [0.05, 0.1) is 30.2 Å². The van der Waals surface area contributed by atoms with E-state index in [-0.39, 0.29) is 16.6 Å². The van der Waals surface area contributed by atoms with E-state index in [1.807, 2.05) is 11.9 Å². The number of carbonyl (C=O) groups excluding carboxylic acids is 1. The van der Waals surface area contributed by atoms with Gasteiger partial charge >= 0.3 is 6.09 Å². The third-order valence-corrected chi connectivity index (χ3v) is 7.79. The lowest BCUT2D eigenvalue weighted by Gasteiger charge is -2.42. The number of aliphatic hydroxyl groups excluding tert-OH is 1. The van der Waals surface area contributed by atoms with Crippen molar-refractivity contribution in [3.05, 3.63) is 54.1 Å². The first kappa shape index (κ1) is 25.0. The van der Waals surface area contributed by atoms with Gasteiger partial charge in [0.2, 0.25) is 0 Å². The average molecular weight is 527 g/mol. The number of ether oxygens (including phenoxy) is 1. The van der Waals surface area contributed by atoms with Gasteiger partial charge in [-0.2, -0.15) is 0 Å². The SMILES string of the molecule is Cc1ccc(S(=O)(=O)n2ccc3c2ncc2nc(C(C)O)n(N4CC(NC(=O)OC(C)(C)C)C4)c23)cc1. The van der Waals surface area contributed by atoms with Crippen molar-refractivity contribution in [2.45, 2.75) is 57.3 Å². The van der Waals surface area contributed by atoms with Crippen LogP contribution in [0.1, 0.15) is 45.2 Å². The highest BCUT2D eigenvalue weighted by Crippen LogP contribution is 2.31. The van der Waals surface area contributed by atoms with E-state index in [4.69, 9.17) is 4.74 Å². The number of pyridine rings is 1. The van der Waals surface area contributed by atoms with Gasteiger partial charge in [-0.15, -0.1) is 0 Å². The number of rotatable bonds is 5. The molecule has 1 amide bonds. The van der Waals surface area contributed by atoms with Crippen LogP contribution in [-0.4, -0.2) is 63.0 Å². The Morgan fingerprint density at radius 2 is 1.86 bits per heavy atom. The monoisotopic (exact) mass is 526 g/mol. The summed E-state index contributed by atoms with van der Waals surface area (Å²) in [7, 11) is -3.88. The van der Waals surface area contributed by atoms with Crippen molar-refractivity contribution >= 4 is 38.2 Å². The standard InChI is InChI=1S/C25H30N6O5S/c1-15-6-8-18(9-7-15)37(34,35)30-11-10-19-21-20(12-26-23(19)30)28-22(16(2)32)31(21)29-13-17(14-29)27-24(33)36-25(3,4)5/h6-12,16-17,32H,13-14H2,1-5H3,(H,27,33). The molecule has 5 rings (SSSR count). The number of hydrogen-bond acceptors (Lipinski definition) is 8. The van der Waals surface area contributed by atoms with Crippen molar-refractivity contribution in [3.63, 3.8) is 0 Å². The highest BCUT2D eigenvalue weighted by molar-refractivity contribution is 7.90. The number of nitrogens with zero attached hydrogens (tertiary/aromatic N) is 5. The molecule has 1 aliphatic rings. The molecule has 3 aromatic heterocycles. The molecule has 4 aromatic rings. The zero-order valence-corrected chi connectivity index (χ0v) is 22.2. The molecule has 0 aliphatic carbocycles. The van der Waals surface area contributed by atoms with Crippen molar-refractivity contribution in [2.24, 2.45) is 0 Å². The molecule has 1 saturated heterocycles. The molecule has 1 unspecified atom stereocenters. The molecule has 1 atom stereocenters. The number of imidazole rings is 1. The van der Waals surface area contributed by atoms with Gasteiger partial charge in [-0.25, -0.2) is 31.8 Å². The fraction of sp³-hybridized carbons (Fsp3) is 0.400. The maximum Gasteiger partial charge on any atom is 0.407 e. The third-order valence-electron chi connectivity index (χ3n) is 6.11. The van der Waals surface area contributed by atoms with Gasteiger partial charge in [-0.1, -0.05) is 17.7 Å². The van der Waals surface area contributed by atoms with Gasteiger partial charge in [-0.05, 0) is 52.8 Å². The Morgan fingerprint density at radius 1 is 1.19 bits per heavy atom. The smallest absolute Gasteiger partial charge is 0.407 e. The van der Waals surface area contributed by atoms with Gasteiger partial charge in [0, 0.05) is 11.6 Å². The molecule has 12 heteroatoms. The van der Waals surface area contributed by atoms with E-state index in [0.717, 1.165) is 9.54 Å². The zero-order valence-electron chi connectivity index (χ0n) is 21.3. The number of aliphatic hydroxyl groups is 1. The fourth-order valence-electron chi connectivity index (χ4n) is 4.39. The fourth-order valence-corrected chi connectivity index (χ4v) is 5.69. The Morgan fingerprint density at radius 3 is 2.49 bits per heavy atom. The summed E-state index contributed by atoms with van der Waals surface area (Å²) in [6.45, 7) is 9.83. The first-order chi connectivity index (χ1) is 17.3. The van der Waals surface area contributed by atoms with E-state index in [1.165, 1.54) is 12.4 Å². The minimum Gasteiger partial charge on any atom is -0.444 e. The summed E-state index contributed by atoms with van der Waals surface area (Å²) in [6.07, 6.45) is 1.61. The zero-order chi connectivity index (χ0) is 26.7. The van der Waals surface area contributed by atoms with Crippen LogP contribution in [-0.2, 0) is 14.8 Å². The summed E-state index contributed by atoms with van der Waals surface area (Å²) in [5.41, 5.74) is 1.78. The second-order valence-corrected chi connectivity index (χ2v) is 12.1. The number of hydrogen-bond donors (Lipinski definition) is 2. The molecule has 1 aliphatic heterocycles. The summed E-state index contributed by atoms with van der Waals surface area (Å²) in [4.78, 5) is 21.3. The van der Waals surface area contributed by atoms with Gasteiger partial charge in [0.15, 0.2) is 11.5 Å². The van der Waals surface area contributed by atoms with E-state index >= 15 is 0 Å². The molecule has 2 N–H and O–H groups in total. The van der Waals surface area contributed by atoms with Crippen LogP contribution >= 0.6 is 0 Å². The van der Waals surface area contributed by atoms with Crippen molar-refractivity contribution < 1.29 is 23.1 Å². The maximum absolute atomic E-state index is 13.4. The predicted octanol–water partition coefficient (Wildman–Crippen LogP) is 2.83. The van der Waals surface area contributed by atoms with E-state index in [9.17, 15) is 18.3 Å². The number of fused-ring (bicyclic) bond motifs is 3. The number of amides is 1. The Bertz CT molecular complexity index is 1590. The third kappa shape index (κ3) is 4.51. The second-order valence-electron chi connectivity index (χ2n) is 10.3. The number of aryl methyl sites for hydroxylation is 1. The number of benzene rings is 1. The van der Waals surface area contributed by atoms with Crippen molar-refractivity contribution in [3.8, 4) is 0 Å². The molecule has 0 bridgehead atoms. The lowest BCUT2D eigenvalue weighted by molar-refractivity contribution is 0.0489. The molecule has 0 radical (unpaired) electrons. The number of nitrogens with one attached hydrogen (secondary N) is 1. The largest absolute Gasteiger partial charge is 0.444 e. The summed E-state index contributed by atoms with van der Waals surface area (Å²) in [5.74, 6) is 0.397. The summed E-state index contributed by atoms with van der Waals surface area (Å²) < 4.78 is 35.1. The molecule has 0 spiro atoms. The van der Waals surface area contributed by atoms with Crippen LogP contribution in [0.2, 0.25) is 0 Å². The summed E-state index contributed by atoms with van der Waals surface area (Å²) >= 11 is 0. The average Bonchev–Trinajstić information content (AvgIpc) is 3.37. The summed E-state index contributed by atoms with van der Waals surface area (Å²) in [5, 5.41) is 15.8. The minimum absolute atomic E-state index is 0.155. The van der Waals surface area contributed by atoms with Gasteiger partial charge < -0.3 is 20.2 Å². The highest BCUT2D eigenvalue weighted by Gasteiger charge is 2.34.